The highest BCUT2D eigenvalue weighted by atomic mass is 16.5. The second-order valence-electron chi connectivity index (χ2n) is 4.55. The molecule has 0 spiro atoms. The molecule has 0 aliphatic carbocycles. The summed E-state index contributed by atoms with van der Waals surface area (Å²) in [6.45, 7) is 7.00. The Morgan fingerprint density at radius 2 is 2.05 bits per heavy atom. The SMILES string of the molecule is C=C(C)OC(=O)Cn1cc(C(=O)OCCCC)ccc1=O. The number of hydrogen-bond donors (Lipinski definition) is 0. The fraction of sp³-hybridized carbons (Fsp3) is 0.400. The van der Waals surface area contributed by atoms with E-state index in [-0.39, 0.29) is 17.9 Å². The van der Waals surface area contributed by atoms with E-state index in [2.05, 4.69) is 6.58 Å². The molecule has 0 N–H and O–H groups in total. The predicted octanol–water partition coefficient (Wildman–Crippen LogP) is 1.88. The molecule has 6 heteroatoms. The molecule has 0 bridgehead atoms. The van der Waals surface area contributed by atoms with Crippen molar-refractivity contribution in [3.05, 3.63) is 46.6 Å². The third-order valence-corrected chi connectivity index (χ3v) is 2.54. The topological polar surface area (TPSA) is 74.6 Å². The molecule has 114 valence electrons. The zero-order chi connectivity index (χ0) is 15.8. The first-order chi connectivity index (χ1) is 9.93. The normalized spacial score (nSPS) is 10.0. The van der Waals surface area contributed by atoms with Crippen molar-refractivity contribution in [1.29, 1.82) is 0 Å². The van der Waals surface area contributed by atoms with Crippen molar-refractivity contribution in [3.63, 3.8) is 0 Å². The lowest BCUT2D eigenvalue weighted by Crippen LogP contribution is -2.25. The van der Waals surface area contributed by atoms with Gasteiger partial charge in [0.05, 0.1) is 17.9 Å². The van der Waals surface area contributed by atoms with Crippen molar-refractivity contribution in [2.24, 2.45) is 0 Å². The number of esters is 2. The van der Waals surface area contributed by atoms with E-state index >= 15 is 0 Å². The van der Waals surface area contributed by atoms with E-state index in [0.29, 0.717) is 6.61 Å². The Hall–Kier alpha value is -2.37. The Morgan fingerprint density at radius 3 is 2.67 bits per heavy atom. The van der Waals surface area contributed by atoms with E-state index in [1.807, 2.05) is 6.92 Å². The molecule has 1 aromatic heterocycles. The molecule has 0 amide bonds. The molecule has 0 aromatic carbocycles. The number of hydrogen-bond acceptors (Lipinski definition) is 5. The van der Waals surface area contributed by atoms with Crippen LogP contribution < -0.4 is 5.56 Å². The Labute approximate surface area is 123 Å². The average Bonchev–Trinajstić information content (AvgIpc) is 2.40. The maximum absolute atomic E-state index is 11.8. The van der Waals surface area contributed by atoms with Gasteiger partial charge in [-0.2, -0.15) is 0 Å². The number of aromatic nitrogens is 1. The summed E-state index contributed by atoms with van der Waals surface area (Å²) in [7, 11) is 0. The second kappa shape index (κ2) is 8.04. The first kappa shape index (κ1) is 16.7. The lowest BCUT2D eigenvalue weighted by Gasteiger charge is -2.08. The van der Waals surface area contributed by atoms with Crippen LogP contribution >= 0.6 is 0 Å². The van der Waals surface area contributed by atoms with Crippen LogP contribution in [0, 0.1) is 0 Å². The number of allylic oxidation sites excluding steroid dienone is 1. The molecule has 0 saturated carbocycles. The quantitative estimate of drug-likeness (QED) is 0.436. The van der Waals surface area contributed by atoms with Gasteiger partial charge in [-0.25, -0.2) is 9.59 Å². The van der Waals surface area contributed by atoms with Crippen LogP contribution in [0.15, 0.2) is 35.5 Å². The van der Waals surface area contributed by atoms with Gasteiger partial charge >= 0.3 is 11.9 Å². The predicted molar refractivity (Wildman–Crippen MR) is 76.8 cm³/mol. The fourth-order valence-corrected chi connectivity index (χ4v) is 1.53. The van der Waals surface area contributed by atoms with Crippen LogP contribution in [0.25, 0.3) is 0 Å². The third kappa shape index (κ3) is 5.64. The number of rotatable bonds is 7. The van der Waals surface area contributed by atoms with E-state index < -0.39 is 17.5 Å². The number of ether oxygens (including phenoxy) is 2. The zero-order valence-corrected chi connectivity index (χ0v) is 12.3. The maximum Gasteiger partial charge on any atom is 0.339 e. The van der Waals surface area contributed by atoms with Crippen LogP contribution in [-0.2, 0) is 20.8 Å². The van der Waals surface area contributed by atoms with Crippen molar-refractivity contribution in [2.45, 2.75) is 33.2 Å². The van der Waals surface area contributed by atoms with E-state index in [0.717, 1.165) is 17.4 Å². The van der Waals surface area contributed by atoms with Gasteiger partial charge in [-0.15, -0.1) is 0 Å². The fourth-order valence-electron chi connectivity index (χ4n) is 1.53. The van der Waals surface area contributed by atoms with E-state index in [9.17, 15) is 14.4 Å². The molecule has 1 rings (SSSR count). The molecule has 0 fully saturated rings. The molecule has 0 unspecified atom stereocenters. The number of nitrogens with zero attached hydrogens (tertiary/aromatic N) is 1. The van der Waals surface area contributed by atoms with Gasteiger partial charge < -0.3 is 14.0 Å². The molecule has 0 aliphatic rings. The minimum absolute atomic E-state index is 0.217. The summed E-state index contributed by atoms with van der Waals surface area (Å²) in [5, 5.41) is 0. The third-order valence-electron chi connectivity index (χ3n) is 2.54. The van der Waals surface area contributed by atoms with Crippen LogP contribution in [0.2, 0.25) is 0 Å². The molecular formula is C15H19NO5. The lowest BCUT2D eigenvalue weighted by atomic mass is 10.3. The van der Waals surface area contributed by atoms with Gasteiger partial charge in [0.15, 0.2) is 0 Å². The number of carbonyl (C=O) groups is 2. The summed E-state index contributed by atoms with van der Waals surface area (Å²) < 4.78 is 10.9. The van der Waals surface area contributed by atoms with Gasteiger partial charge in [0.2, 0.25) is 0 Å². The highest BCUT2D eigenvalue weighted by molar-refractivity contribution is 5.89. The van der Waals surface area contributed by atoms with Crippen LogP contribution in [0.4, 0.5) is 0 Å². The van der Waals surface area contributed by atoms with Gasteiger partial charge in [-0.05, 0) is 19.4 Å². The van der Waals surface area contributed by atoms with E-state index in [1.165, 1.54) is 25.3 Å². The second-order valence-corrected chi connectivity index (χ2v) is 4.55. The van der Waals surface area contributed by atoms with Crippen LogP contribution in [0.5, 0.6) is 0 Å². The zero-order valence-electron chi connectivity index (χ0n) is 12.3. The molecule has 1 heterocycles. The minimum Gasteiger partial charge on any atom is -0.462 e. The molecule has 1 aromatic rings. The minimum atomic E-state index is -0.624. The molecule has 0 aliphatic heterocycles. The van der Waals surface area contributed by atoms with Crippen molar-refractivity contribution in [2.75, 3.05) is 6.61 Å². The van der Waals surface area contributed by atoms with Gasteiger partial charge in [-0.1, -0.05) is 19.9 Å². The molecule has 0 saturated heterocycles. The summed E-state index contributed by atoms with van der Waals surface area (Å²) >= 11 is 0. The Kier molecular flexibility index (Phi) is 6.39. The Balaban J connectivity index is 2.79. The maximum atomic E-state index is 11.8. The van der Waals surface area contributed by atoms with Gasteiger partial charge in [0, 0.05) is 12.3 Å². The highest BCUT2D eigenvalue weighted by Crippen LogP contribution is 2.02. The highest BCUT2D eigenvalue weighted by Gasteiger charge is 2.11. The van der Waals surface area contributed by atoms with E-state index in [4.69, 9.17) is 9.47 Å². The standard InChI is InChI=1S/C15H19NO5/c1-4-5-8-20-15(19)12-6-7-13(17)16(9-12)10-14(18)21-11(2)3/h6-7,9H,2,4-5,8,10H2,1,3H3. The number of unbranched alkanes of at least 4 members (excludes halogenated alkanes) is 1. The molecule has 0 atom stereocenters. The molecular weight excluding hydrogens is 274 g/mol. The van der Waals surface area contributed by atoms with E-state index in [1.54, 1.807) is 0 Å². The summed E-state index contributed by atoms with van der Waals surface area (Å²) in [5.74, 6) is -0.908. The average molecular weight is 293 g/mol. The molecule has 0 radical (unpaired) electrons. The lowest BCUT2D eigenvalue weighted by molar-refractivity contribution is -0.140. The Morgan fingerprint density at radius 1 is 1.33 bits per heavy atom. The smallest absolute Gasteiger partial charge is 0.339 e. The van der Waals surface area contributed by atoms with Gasteiger partial charge in [-0.3, -0.25) is 4.79 Å². The van der Waals surface area contributed by atoms with Crippen molar-refractivity contribution in [3.8, 4) is 0 Å². The van der Waals surface area contributed by atoms with Gasteiger partial charge in [0.25, 0.3) is 5.56 Å². The molecule has 21 heavy (non-hydrogen) atoms. The van der Waals surface area contributed by atoms with Crippen LogP contribution in [0.3, 0.4) is 0 Å². The van der Waals surface area contributed by atoms with Crippen LogP contribution in [0.1, 0.15) is 37.0 Å². The summed E-state index contributed by atoms with van der Waals surface area (Å²) in [4.78, 5) is 34.9. The number of pyridine rings is 1. The van der Waals surface area contributed by atoms with Gasteiger partial charge in [0.1, 0.15) is 6.54 Å². The summed E-state index contributed by atoms with van der Waals surface area (Å²) in [6, 6.07) is 2.58. The van der Waals surface area contributed by atoms with Crippen LogP contribution in [-0.4, -0.2) is 23.1 Å². The summed E-state index contributed by atoms with van der Waals surface area (Å²) in [6.07, 6.45) is 2.98. The van der Waals surface area contributed by atoms with Crippen molar-refractivity contribution in [1.82, 2.24) is 4.57 Å². The largest absolute Gasteiger partial charge is 0.462 e. The first-order valence-corrected chi connectivity index (χ1v) is 6.68. The Bertz CT molecular complexity index is 588. The number of carbonyl (C=O) groups excluding carboxylic acids is 2. The van der Waals surface area contributed by atoms with Crippen molar-refractivity contribution < 1.29 is 19.1 Å². The summed E-state index contributed by atoms with van der Waals surface area (Å²) in [5.41, 5.74) is -0.187. The first-order valence-electron chi connectivity index (χ1n) is 6.68. The monoisotopic (exact) mass is 293 g/mol. The van der Waals surface area contributed by atoms with Crippen molar-refractivity contribution >= 4 is 11.9 Å². The molecule has 6 nitrogen and oxygen atoms in total.